The second kappa shape index (κ2) is 19.3. The number of anilines is 1. The van der Waals surface area contributed by atoms with Crippen molar-refractivity contribution in [1.82, 2.24) is 5.32 Å². The Labute approximate surface area is 304 Å². The van der Waals surface area contributed by atoms with Gasteiger partial charge in [0.25, 0.3) is 18.9 Å². The standard InChI is InChI=1S/C35H46N2O16/c1-34(2,47)10-12-51-35(3,4)9-11-36-30(43)23-14-21(6-8-25(23)52-32-28(42)26(40)27(41)29(53-32)31(44)45)16-50-33(46)37-24-7-5-20(15-48-18-38)13-22(24)17-49-19-39/h5-8,13-14,18-19,26-29,32,40-42,47H,9-12,15-17H2,1-4H3,(H,36,43)(H,37,46)(H,44,45)/t26-,27-,28+,29-,32+/m0/s1. The van der Waals surface area contributed by atoms with Crippen LogP contribution in [-0.2, 0) is 57.9 Å². The Bertz CT molecular complexity index is 1580. The van der Waals surface area contributed by atoms with Gasteiger partial charge in [-0.25, -0.2) is 9.59 Å². The SMILES string of the molecule is CC(C)(O)CCOC(C)(C)CCNC(=O)c1cc(COC(=O)Nc2ccc(COC=O)cc2COC=O)ccc1O[C@@H]1O[C@H](C(=O)O)[C@@H](O)[C@H](O)[C@H]1O. The van der Waals surface area contributed by atoms with Gasteiger partial charge in [0.1, 0.15) is 43.9 Å². The first-order valence-electron chi connectivity index (χ1n) is 16.5. The van der Waals surface area contributed by atoms with Crippen LogP contribution in [0.4, 0.5) is 10.5 Å². The van der Waals surface area contributed by atoms with E-state index in [1.807, 2.05) is 13.8 Å². The van der Waals surface area contributed by atoms with E-state index in [1.54, 1.807) is 26.0 Å². The number of carboxylic acids is 1. The molecule has 3 rings (SSSR count). The lowest BCUT2D eigenvalue weighted by molar-refractivity contribution is -0.271. The summed E-state index contributed by atoms with van der Waals surface area (Å²) < 4.78 is 31.7. The number of nitrogens with one attached hydrogen (secondary N) is 2. The van der Waals surface area contributed by atoms with Crippen LogP contribution in [0.3, 0.4) is 0 Å². The van der Waals surface area contributed by atoms with Crippen molar-refractivity contribution in [3.63, 3.8) is 0 Å². The summed E-state index contributed by atoms with van der Waals surface area (Å²) in [5.74, 6) is -2.51. The van der Waals surface area contributed by atoms with Crippen molar-refractivity contribution in [3.05, 3.63) is 58.7 Å². The molecule has 0 radical (unpaired) electrons. The number of carbonyl (C=O) groups excluding carboxylic acids is 4. The maximum atomic E-state index is 13.5. The number of carboxylic acid groups (broad SMARTS) is 1. The molecular formula is C35H46N2O16. The zero-order valence-corrected chi connectivity index (χ0v) is 29.7. The molecule has 18 nitrogen and oxygen atoms in total. The van der Waals surface area contributed by atoms with Crippen molar-refractivity contribution in [1.29, 1.82) is 0 Å². The number of ether oxygens (including phenoxy) is 6. The molecule has 0 bridgehead atoms. The molecule has 0 saturated carbocycles. The van der Waals surface area contributed by atoms with Gasteiger partial charge in [-0.05, 0) is 75.9 Å². The zero-order chi connectivity index (χ0) is 39.3. The van der Waals surface area contributed by atoms with Crippen molar-refractivity contribution >= 4 is 36.6 Å². The number of hydrogen-bond acceptors (Lipinski definition) is 15. The van der Waals surface area contributed by atoms with E-state index < -0.39 is 59.9 Å². The summed E-state index contributed by atoms with van der Waals surface area (Å²) >= 11 is 0. The highest BCUT2D eigenvalue weighted by molar-refractivity contribution is 5.97. The predicted molar refractivity (Wildman–Crippen MR) is 181 cm³/mol. The van der Waals surface area contributed by atoms with E-state index in [9.17, 15) is 49.5 Å². The van der Waals surface area contributed by atoms with Gasteiger partial charge in [0, 0.05) is 12.1 Å². The van der Waals surface area contributed by atoms with E-state index in [-0.39, 0.29) is 62.9 Å². The summed E-state index contributed by atoms with van der Waals surface area (Å²) in [5.41, 5.74) is -0.278. The average Bonchev–Trinajstić information content (AvgIpc) is 3.09. The molecule has 7 N–H and O–H groups in total. The summed E-state index contributed by atoms with van der Waals surface area (Å²) in [4.78, 5) is 59.2. The molecule has 292 valence electrons. The van der Waals surface area contributed by atoms with Gasteiger partial charge < -0.3 is 59.3 Å². The van der Waals surface area contributed by atoms with E-state index >= 15 is 0 Å². The Morgan fingerprint density at radius 3 is 2.19 bits per heavy atom. The topological polar surface area (TPSA) is 266 Å². The smallest absolute Gasteiger partial charge is 0.411 e. The van der Waals surface area contributed by atoms with E-state index in [1.165, 1.54) is 24.3 Å². The van der Waals surface area contributed by atoms with Crippen LogP contribution in [0.1, 0.15) is 67.6 Å². The Morgan fingerprint density at radius 1 is 0.868 bits per heavy atom. The third-order valence-electron chi connectivity index (χ3n) is 7.97. The molecule has 1 heterocycles. The minimum atomic E-state index is -1.96. The molecule has 0 aromatic heterocycles. The fourth-order valence-corrected chi connectivity index (χ4v) is 4.97. The fraction of sp³-hybridized carbons (Fsp3) is 0.514. The molecular weight excluding hydrogens is 704 g/mol. The number of hydrogen-bond donors (Lipinski definition) is 7. The van der Waals surface area contributed by atoms with Crippen LogP contribution >= 0.6 is 0 Å². The first-order chi connectivity index (χ1) is 24.9. The number of aliphatic hydroxyl groups excluding tert-OH is 3. The van der Waals surface area contributed by atoms with Crippen molar-refractivity contribution < 1.29 is 77.9 Å². The largest absolute Gasteiger partial charge is 0.479 e. The summed E-state index contributed by atoms with van der Waals surface area (Å²) in [6.45, 7) is 7.21. The quantitative estimate of drug-likeness (QED) is 0.0739. The van der Waals surface area contributed by atoms with Gasteiger partial charge in [-0.2, -0.15) is 0 Å². The van der Waals surface area contributed by atoms with Gasteiger partial charge in [-0.15, -0.1) is 0 Å². The molecule has 2 aromatic carbocycles. The Kier molecular flexibility index (Phi) is 15.5. The third-order valence-corrected chi connectivity index (χ3v) is 7.97. The van der Waals surface area contributed by atoms with Gasteiger partial charge in [0.15, 0.2) is 6.10 Å². The molecule has 18 heteroatoms. The van der Waals surface area contributed by atoms with Gasteiger partial charge >= 0.3 is 12.1 Å². The van der Waals surface area contributed by atoms with Gasteiger partial charge in [0.2, 0.25) is 6.29 Å². The minimum Gasteiger partial charge on any atom is -0.479 e. The van der Waals surface area contributed by atoms with Crippen molar-refractivity contribution in [2.45, 2.75) is 102 Å². The fourth-order valence-electron chi connectivity index (χ4n) is 4.97. The van der Waals surface area contributed by atoms with Crippen LogP contribution < -0.4 is 15.4 Å². The molecule has 5 atom stereocenters. The van der Waals surface area contributed by atoms with Gasteiger partial charge in [-0.1, -0.05) is 12.1 Å². The van der Waals surface area contributed by atoms with E-state index in [0.717, 1.165) is 0 Å². The van der Waals surface area contributed by atoms with Gasteiger partial charge in [0.05, 0.1) is 29.1 Å². The summed E-state index contributed by atoms with van der Waals surface area (Å²) in [5, 5.41) is 55.5. The summed E-state index contributed by atoms with van der Waals surface area (Å²) in [7, 11) is 0. The normalized spacial score (nSPS) is 20.1. The van der Waals surface area contributed by atoms with Crippen LogP contribution in [0.15, 0.2) is 36.4 Å². The van der Waals surface area contributed by atoms with Crippen LogP contribution in [0.25, 0.3) is 0 Å². The monoisotopic (exact) mass is 750 g/mol. The van der Waals surface area contributed by atoms with Crippen molar-refractivity contribution in [3.8, 4) is 5.75 Å². The molecule has 1 aliphatic heterocycles. The van der Waals surface area contributed by atoms with Crippen molar-refractivity contribution in [2.75, 3.05) is 18.5 Å². The minimum absolute atomic E-state index is 0.0545. The van der Waals surface area contributed by atoms with E-state index in [0.29, 0.717) is 29.5 Å². The van der Waals surface area contributed by atoms with E-state index in [4.69, 9.17) is 28.4 Å². The molecule has 53 heavy (non-hydrogen) atoms. The number of amides is 2. The molecule has 0 spiro atoms. The Morgan fingerprint density at radius 2 is 1.53 bits per heavy atom. The van der Waals surface area contributed by atoms with Crippen LogP contribution in [0.5, 0.6) is 5.75 Å². The summed E-state index contributed by atoms with van der Waals surface area (Å²) in [6.07, 6.45) is -9.77. The highest BCUT2D eigenvalue weighted by Crippen LogP contribution is 2.28. The second-order valence-corrected chi connectivity index (χ2v) is 13.4. The highest BCUT2D eigenvalue weighted by Gasteiger charge is 2.48. The lowest BCUT2D eigenvalue weighted by Crippen LogP contribution is -2.61. The molecule has 1 saturated heterocycles. The molecule has 1 fully saturated rings. The molecule has 2 amide bonds. The van der Waals surface area contributed by atoms with Crippen LogP contribution in [-0.4, -0.2) is 112 Å². The van der Waals surface area contributed by atoms with Crippen LogP contribution in [0.2, 0.25) is 0 Å². The molecule has 2 aromatic rings. The maximum Gasteiger partial charge on any atom is 0.411 e. The molecule has 1 aliphatic rings. The highest BCUT2D eigenvalue weighted by atomic mass is 16.7. The number of aliphatic carboxylic acids is 1. The molecule has 0 unspecified atom stereocenters. The predicted octanol–water partition coefficient (Wildman–Crippen LogP) is 1.13. The van der Waals surface area contributed by atoms with Crippen LogP contribution in [0, 0.1) is 0 Å². The number of aliphatic hydroxyl groups is 4. The second-order valence-electron chi connectivity index (χ2n) is 13.4. The molecule has 0 aliphatic carbocycles. The first kappa shape index (κ1) is 42.6. The van der Waals surface area contributed by atoms with E-state index in [2.05, 4.69) is 10.6 Å². The maximum absolute atomic E-state index is 13.5. The first-order valence-corrected chi connectivity index (χ1v) is 16.5. The number of rotatable bonds is 20. The Hall–Kier alpha value is -4.85. The van der Waals surface area contributed by atoms with Crippen molar-refractivity contribution in [2.24, 2.45) is 0 Å². The Balaban J connectivity index is 1.78. The average molecular weight is 751 g/mol. The lowest BCUT2D eigenvalue weighted by atomic mass is 9.99. The number of carbonyl (C=O) groups is 5. The summed E-state index contributed by atoms with van der Waals surface area (Å²) in [6, 6.07) is 8.65. The third kappa shape index (κ3) is 13.3. The number of benzene rings is 2. The lowest BCUT2D eigenvalue weighted by Gasteiger charge is -2.38. The van der Waals surface area contributed by atoms with Gasteiger partial charge in [-0.3, -0.25) is 19.7 Å². The zero-order valence-electron chi connectivity index (χ0n) is 29.7.